The summed E-state index contributed by atoms with van der Waals surface area (Å²) in [7, 11) is 0. The van der Waals surface area contributed by atoms with Crippen LogP contribution in [0.4, 0.5) is 17.6 Å². The number of benzene rings is 2. The molecule has 0 spiro atoms. The summed E-state index contributed by atoms with van der Waals surface area (Å²) >= 11 is 0. The van der Waals surface area contributed by atoms with E-state index in [1.54, 1.807) is 0 Å². The third-order valence-corrected chi connectivity index (χ3v) is 3.95. The fourth-order valence-corrected chi connectivity index (χ4v) is 2.56. The van der Waals surface area contributed by atoms with Gasteiger partial charge in [-0.25, -0.2) is 9.59 Å². The van der Waals surface area contributed by atoms with E-state index in [1.165, 1.54) is 26.0 Å². The zero-order valence-electron chi connectivity index (χ0n) is 16.2. The predicted molar refractivity (Wildman–Crippen MR) is 101 cm³/mol. The monoisotopic (exact) mass is 438 g/mol. The molecular formula is C21H14F4O6. The summed E-state index contributed by atoms with van der Waals surface area (Å²) in [5.74, 6) is -5.11. The van der Waals surface area contributed by atoms with E-state index in [0.29, 0.717) is 0 Å². The molecule has 3 aromatic rings. The topological polar surface area (TPSA) is 75.0 Å². The number of furan rings is 1. The van der Waals surface area contributed by atoms with Crippen LogP contribution in [0, 0.1) is 5.82 Å². The van der Waals surface area contributed by atoms with Crippen molar-refractivity contribution in [3.05, 3.63) is 54.4 Å². The highest BCUT2D eigenvalue weighted by atomic mass is 19.4. The van der Waals surface area contributed by atoms with E-state index in [0.717, 1.165) is 12.1 Å². The average Bonchev–Trinajstić information content (AvgIpc) is 3.04. The van der Waals surface area contributed by atoms with Crippen LogP contribution in [-0.4, -0.2) is 18.3 Å². The Labute approximate surface area is 172 Å². The van der Waals surface area contributed by atoms with E-state index in [-0.39, 0.29) is 21.9 Å². The number of carbonyl (C=O) groups is 2. The number of ether oxygens (including phenoxy) is 3. The van der Waals surface area contributed by atoms with Gasteiger partial charge in [-0.05, 0) is 38.1 Å². The lowest BCUT2D eigenvalue weighted by Gasteiger charge is -2.13. The maximum absolute atomic E-state index is 14.9. The molecule has 0 atom stereocenters. The molecule has 162 valence electrons. The summed E-state index contributed by atoms with van der Waals surface area (Å²) in [4.78, 5) is 23.5. The van der Waals surface area contributed by atoms with Crippen LogP contribution >= 0.6 is 0 Å². The number of rotatable bonds is 5. The van der Waals surface area contributed by atoms with Gasteiger partial charge in [0.1, 0.15) is 0 Å². The van der Waals surface area contributed by atoms with Crippen molar-refractivity contribution < 1.29 is 45.8 Å². The van der Waals surface area contributed by atoms with Crippen molar-refractivity contribution in [2.45, 2.75) is 20.2 Å². The summed E-state index contributed by atoms with van der Waals surface area (Å²) in [6.45, 7) is 9.39. The minimum atomic E-state index is -5.17. The molecule has 0 fully saturated rings. The number of hydrogen-bond donors (Lipinski definition) is 0. The van der Waals surface area contributed by atoms with Gasteiger partial charge in [0.2, 0.25) is 11.6 Å². The highest BCUT2D eigenvalue weighted by Crippen LogP contribution is 2.44. The van der Waals surface area contributed by atoms with Crippen molar-refractivity contribution in [1.29, 1.82) is 0 Å². The lowest BCUT2D eigenvalue weighted by molar-refractivity contribution is -0.274. The standard InChI is InChI=1S/C21H14F4O6/c1-9(2)19(26)28-13-7-5-11-12-6-8-14(29-20(27)10(3)4)18(31-21(23,24)25)17(12)30-16(11)15(13)22/h5-8H,1,3H2,2,4H3. The van der Waals surface area contributed by atoms with Gasteiger partial charge in [0.15, 0.2) is 22.7 Å². The van der Waals surface area contributed by atoms with Crippen LogP contribution in [0.15, 0.2) is 53.0 Å². The van der Waals surface area contributed by atoms with Crippen molar-refractivity contribution in [3.63, 3.8) is 0 Å². The van der Waals surface area contributed by atoms with Crippen LogP contribution in [0.1, 0.15) is 13.8 Å². The van der Waals surface area contributed by atoms with E-state index in [1.807, 2.05) is 0 Å². The van der Waals surface area contributed by atoms with E-state index >= 15 is 0 Å². The number of alkyl halides is 3. The average molecular weight is 438 g/mol. The van der Waals surface area contributed by atoms with Crippen molar-refractivity contribution in [2.75, 3.05) is 0 Å². The Morgan fingerprint density at radius 1 is 0.871 bits per heavy atom. The normalized spacial score (nSPS) is 11.4. The van der Waals surface area contributed by atoms with Gasteiger partial charge in [-0.1, -0.05) is 13.2 Å². The molecule has 2 aromatic carbocycles. The lowest BCUT2D eigenvalue weighted by atomic mass is 10.1. The lowest BCUT2D eigenvalue weighted by Crippen LogP contribution is -2.18. The van der Waals surface area contributed by atoms with Crippen LogP contribution in [0.25, 0.3) is 21.9 Å². The highest BCUT2D eigenvalue weighted by Gasteiger charge is 2.35. The molecular weight excluding hydrogens is 424 g/mol. The molecule has 0 saturated heterocycles. The first kappa shape index (κ1) is 21.9. The molecule has 0 aliphatic heterocycles. The Morgan fingerprint density at radius 2 is 1.35 bits per heavy atom. The summed E-state index contributed by atoms with van der Waals surface area (Å²) in [5.41, 5.74) is -1.08. The quantitative estimate of drug-likeness (QED) is 0.224. The van der Waals surface area contributed by atoms with Crippen LogP contribution in [0.3, 0.4) is 0 Å². The second-order valence-corrected chi connectivity index (χ2v) is 6.51. The first-order chi connectivity index (χ1) is 14.4. The number of fused-ring (bicyclic) bond motifs is 3. The minimum absolute atomic E-state index is 0.00827. The molecule has 0 aliphatic rings. The SMILES string of the molecule is C=C(C)C(=O)Oc1ccc2c(oc3c(OC(F)(F)F)c(OC(=O)C(=C)C)ccc32)c1F. The Balaban J connectivity index is 2.23. The molecule has 10 heteroatoms. The molecule has 0 bridgehead atoms. The van der Waals surface area contributed by atoms with Gasteiger partial charge in [-0.15, -0.1) is 13.2 Å². The van der Waals surface area contributed by atoms with E-state index in [2.05, 4.69) is 17.9 Å². The second-order valence-electron chi connectivity index (χ2n) is 6.51. The third-order valence-electron chi connectivity index (χ3n) is 3.95. The molecule has 0 N–H and O–H groups in total. The van der Waals surface area contributed by atoms with Gasteiger partial charge in [0.25, 0.3) is 0 Å². The summed E-state index contributed by atoms with van der Waals surface area (Å²) in [5, 5.41) is 0.119. The fourth-order valence-electron chi connectivity index (χ4n) is 2.56. The second kappa shape index (κ2) is 7.78. The molecule has 1 heterocycles. The molecule has 6 nitrogen and oxygen atoms in total. The van der Waals surface area contributed by atoms with Gasteiger partial charge in [-0.3, -0.25) is 0 Å². The van der Waals surface area contributed by atoms with Crippen LogP contribution < -0.4 is 14.2 Å². The first-order valence-corrected chi connectivity index (χ1v) is 8.58. The zero-order chi connectivity index (χ0) is 23.1. The molecule has 3 rings (SSSR count). The number of carbonyl (C=O) groups excluding carboxylic acids is 2. The Bertz CT molecular complexity index is 1250. The van der Waals surface area contributed by atoms with Gasteiger partial charge >= 0.3 is 18.3 Å². The summed E-state index contributed by atoms with van der Waals surface area (Å²) in [6.07, 6.45) is -5.17. The first-order valence-electron chi connectivity index (χ1n) is 8.58. The number of hydrogen-bond acceptors (Lipinski definition) is 6. The van der Waals surface area contributed by atoms with Gasteiger partial charge in [0, 0.05) is 21.9 Å². The summed E-state index contributed by atoms with van der Waals surface area (Å²) in [6, 6.07) is 4.73. The molecule has 31 heavy (non-hydrogen) atoms. The van der Waals surface area contributed by atoms with Crippen LogP contribution in [0.5, 0.6) is 17.2 Å². The summed E-state index contributed by atoms with van der Waals surface area (Å²) < 4.78 is 72.9. The van der Waals surface area contributed by atoms with E-state index in [9.17, 15) is 27.2 Å². The van der Waals surface area contributed by atoms with Gasteiger partial charge < -0.3 is 18.6 Å². The van der Waals surface area contributed by atoms with Crippen LogP contribution in [-0.2, 0) is 9.59 Å². The van der Waals surface area contributed by atoms with Crippen molar-refractivity contribution in [3.8, 4) is 17.2 Å². The molecule has 0 radical (unpaired) electrons. The minimum Gasteiger partial charge on any atom is -0.449 e. The molecule has 0 amide bonds. The van der Waals surface area contributed by atoms with E-state index < -0.39 is 52.5 Å². The smallest absolute Gasteiger partial charge is 0.449 e. The van der Waals surface area contributed by atoms with Crippen molar-refractivity contribution in [1.82, 2.24) is 0 Å². The van der Waals surface area contributed by atoms with Crippen molar-refractivity contribution >= 4 is 33.9 Å². The molecule has 1 aromatic heterocycles. The third kappa shape index (κ3) is 4.37. The Hall–Kier alpha value is -3.82. The largest absolute Gasteiger partial charge is 0.573 e. The Kier molecular flexibility index (Phi) is 5.49. The van der Waals surface area contributed by atoms with E-state index in [4.69, 9.17) is 13.9 Å². The fraction of sp³-hybridized carbons (Fsp3) is 0.143. The highest BCUT2D eigenvalue weighted by molar-refractivity contribution is 6.08. The molecule has 0 saturated carbocycles. The van der Waals surface area contributed by atoms with Crippen LogP contribution in [0.2, 0.25) is 0 Å². The molecule has 0 unspecified atom stereocenters. The number of esters is 2. The van der Waals surface area contributed by atoms with Gasteiger partial charge in [-0.2, -0.15) is 4.39 Å². The number of halogens is 4. The maximum atomic E-state index is 14.9. The Morgan fingerprint density at radius 3 is 1.87 bits per heavy atom. The van der Waals surface area contributed by atoms with Crippen molar-refractivity contribution in [2.24, 2.45) is 0 Å². The maximum Gasteiger partial charge on any atom is 0.573 e. The molecule has 0 aliphatic carbocycles. The van der Waals surface area contributed by atoms with Gasteiger partial charge in [0.05, 0.1) is 0 Å². The zero-order valence-corrected chi connectivity index (χ0v) is 16.2. The predicted octanol–water partition coefficient (Wildman–Crippen LogP) is 5.59.